The van der Waals surface area contributed by atoms with Gasteiger partial charge in [0, 0.05) is 32.5 Å². The first-order valence-electron chi connectivity index (χ1n) is 11.5. The predicted octanol–water partition coefficient (Wildman–Crippen LogP) is -1.60. The summed E-state index contributed by atoms with van der Waals surface area (Å²) in [6, 6.07) is 3.54. The second kappa shape index (κ2) is 9.62. The Morgan fingerprint density at radius 3 is 2.57 bits per heavy atom. The van der Waals surface area contributed by atoms with Crippen molar-refractivity contribution in [2.24, 2.45) is 0 Å². The lowest BCUT2D eigenvalue weighted by atomic mass is 9.86. The highest BCUT2D eigenvalue weighted by Gasteiger charge is 2.48. The van der Waals surface area contributed by atoms with Gasteiger partial charge in [-0.15, -0.1) is 0 Å². The Labute approximate surface area is 200 Å². The second-order valence-electron chi connectivity index (χ2n) is 9.20. The molecule has 1 aromatic rings. The first kappa shape index (κ1) is 24.4. The molecule has 0 unspecified atom stereocenters. The van der Waals surface area contributed by atoms with Crippen LogP contribution in [0, 0.1) is 0 Å². The van der Waals surface area contributed by atoms with Crippen molar-refractivity contribution >= 4 is 11.7 Å². The van der Waals surface area contributed by atoms with E-state index in [0.29, 0.717) is 17.9 Å². The number of nitrogens with zero attached hydrogens (tertiary/aromatic N) is 1. The normalized spacial score (nSPS) is 36.9. The van der Waals surface area contributed by atoms with E-state index in [1.807, 2.05) is 0 Å². The summed E-state index contributed by atoms with van der Waals surface area (Å²) in [5.41, 5.74) is 1.49. The predicted molar refractivity (Wildman–Crippen MR) is 114 cm³/mol. The summed E-state index contributed by atoms with van der Waals surface area (Å²) in [7, 11) is 1.27. The van der Waals surface area contributed by atoms with E-state index in [2.05, 4.69) is 0 Å². The number of benzene rings is 1. The molecule has 0 aromatic heterocycles. The van der Waals surface area contributed by atoms with E-state index in [1.54, 1.807) is 12.1 Å². The van der Waals surface area contributed by atoms with E-state index in [0.717, 1.165) is 11.1 Å². The van der Waals surface area contributed by atoms with Crippen LogP contribution >= 0.6 is 0 Å². The molecule has 8 atom stereocenters. The van der Waals surface area contributed by atoms with E-state index in [-0.39, 0.29) is 32.1 Å². The average molecular weight is 495 g/mol. The van der Waals surface area contributed by atoms with Gasteiger partial charge in [0.25, 0.3) is 5.91 Å². The van der Waals surface area contributed by atoms with Crippen LogP contribution in [0.3, 0.4) is 0 Å². The van der Waals surface area contributed by atoms with Crippen molar-refractivity contribution < 1.29 is 53.7 Å². The van der Waals surface area contributed by atoms with Gasteiger partial charge in [-0.05, 0) is 29.7 Å². The Morgan fingerprint density at radius 2 is 1.86 bits per heavy atom. The molecular formula is C23H29NO11. The van der Waals surface area contributed by atoms with E-state index in [4.69, 9.17) is 23.7 Å². The summed E-state index contributed by atoms with van der Waals surface area (Å²) >= 11 is 0. The highest BCUT2D eigenvalue weighted by atomic mass is 16.7. The molecule has 35 heavy (non-hydrogen) atoms. The molecular weight excluding hydrogens is 466 g/mol. The summed E-state index contributed by atoms with van der Waals surface area (Å²) < 4.78 is 27.3. The van der Waals surface area contributed by atoms with Gasteiger partial charge in [-0.1, -0.05) is 0 Å². The lowest BCUT2D eigenvalue weighted by molar-refractivity contribution is -0.318. The van der Waals surface area contributed by atoms with Crippen LogP contribution in [0.1, 0.15) is 29.9 Å². The summed E-state index contributed by atoms with van der Waals surface area (Å²) in [4.78, 5) is 28.2. The Bertz CT molecular complexity index is 986. The van der Waals surface area contributed by atoms with Crippen LogP contribution in [-0.2, 0) is 30.3 Å². The smallest absolute Gasteiger partial charge is 0.254 e. The van der Waals surface area contributed by atoms with E-state index >= 15 is 0 Å². The summed E-state index contributed by atoms with van der Waals surface area (Å²) in [5, 5.41) is 41.3. The molecule has 2 bridgehead atoms. The van der Waals surface area contributed by atoms with Crippen LogP contribution < -0.4 is 9.47 Å². The molecule has 192 valence electrons. The third-order valence-electron chi connectivity index (χ3n) is 7.17. The van der Waals surface area contributed by atoms with Crippen molar-refractivity contribution in [1.29, 1.82) is 0 Å². The van der Waals surface area contributed by atoms with Crippen molar-refractivity contribution in [3.05, 3.63) is 23.3 Å². The fourth-order valence-corrected chi connectivity index (χ4v) is 5.25. The molecule has 0 radical (unpaired) electrons. The Hall–Kier alpha value is -2.32. The third-order valence-corrected chi connectivity index (χ3v) is 7.17. The van der Waals surface area contributed by atoms with E-state index in [9.17, 15) is 30.0 Å². The van der Waals surface area contributed by atoms with Crippen LogP contribution in [0.15, 0.2) is 12.1 Å². The zero-order valence-corrected chi connectivity index (χ0v) is 19.1. The Morgan fingerprint density at radius 1 is 1.11 bits per heavy atom. The van der Waals surface area contributed by atoms with Gasteiger partial charge in [0.1, 0.15) is 36.3 Å². The quantitative estimate of drug-likeness (QED) is 0.380. The number of carbonyl (C=O) groups is 2. The molecule has 0 spiro atoms. The highest BCUT2D eigenvalue weighted by Crippen LogP contribution is 2.41. The minimum absolute atomic E-state index is 0.0732. The van der Waals surface area contributed by atoms with Crippen molar-refractivity contribution in [3.63, 3.8) is 0 Å². The molecule has 4 aliphatic rings. The zero-order valence-electron chi connectivity index (χ0n) is 19.1. The van der Waals surface area contributed by atoms with Crippen molar-refractivity contribution in [2.75, 3.05) is 27.1 Å². The molecule has 2 fully saturated rings. The lowest BCUT2D eigenvalue weighted by Gasteiger charge is -2.42. The van der Waals surface area contributed by atoms with Crippen LogP contribution in [-0.4, -0.2) is 107 Å². The Balaban J connectivity index is 1.44. The fourth-order valence-electron chi connectivity index (χ4n) is 5.25. The number of hydrogen-bond acceptors (Lipinski definition) is 11. The molecule has 5 rings (SSSR count). The average Bonchev–Trinajstić information content (AvgIpc) is 3.23. The number of aliphatic hydroxyl groups is 4. The number of methoxy groups -OCH3 is 1. The van der Waals surface area contributed by atoms with Gasteiger partial charge >= 0.3 is 0 Å². The molecule has 0 aliphatic carbocycles. The molecule has 12 heteroatoms. The summed E-state index contributed by atoms with van der Waals surface area (Å²) in [6.07, 6.45) is -9.56. The highest BCUT2D eigenvalue weighted by molar-refractivity contribution is 5.90. The molecule has 4 N–H and O–H groups in total. The van der Waals surface area contributed by atoms with Gasteiger partial charge in [-0.2, -0.15) is 0 Å². The van der Waals surface area contributed by atoms with Gasteiger partial charge < -0.3 is 49.0 Å². The minimum atomic E-state index is -1.70. The Kier molecular flexibility index (Phi) is 6.70. The van der Waals surface area contributed by atoms with Gasteiger partial charge in [0.15, 0.2) is 23.9 Å². The molecule has 0 saturated carbocycles. The minimum Gasteiger partial charge on any atom is -0.454 e. The van der Waals surface area contributed by atoms with Gasteiger partial charge in [0.2, 0.25) is 6.79 Å². The lowest BCUT2D eigenvalue weighted by Crippen LogP contribution is -2.61. The van der Waals surface area contributed by atoms with E-state index in [1.165, 1.54) is 12.0 Å². The van der Waals surface area contributed by atoms with Crippen LogP contribution in [0.5, 0.6) is 11.5 Å². The van der Waals surface area contributed by atoms with Gasteiger partial charge in [-0.25, -0.2) is 0 Å². The maximum absolute atomic E-state index is 13.5. The van der Waals surface area contributed by atoms with Gasteiger partial charge in [-0.3, -0.25) is 9.59 Å². The number of Topliss-reactive ketones (excluding diaryl/α,β-unsaturated/α-hetero) is 1. The molecule has 2 saturated heterocycles. The van der Waals surface area contributed by atoms with Crippen LogP contribution in [0.25, 0.3) is 0 Å². The van der Waals surface area contributed by atoms with Crippen molar-refractivity contribution in [3.8, 4) is 11.5 Å². The number of aliphatic hydroxyl groups excluding tert-OH is 4. The topological polar surface area (TPSA) is 164 Å². The van der Waals surface area contributed by atoms with Crippen molar-refractivity contribution in [1.82, 2.24) is 4.90 Å². The first-order valence-corrected chi connectivity index (χ1v) is 11.5. The largest absolute Gasteiger partial charge is 0.454 e. The first-order chi connectivity index (χ1) is 16.8. The number of ketones is 1. The maximum Gasteiger partial charge on any atom is 0.254 e. The standard InChI is InChI=1S/C23H29NO11/c1-31-21-18(27)17(8-25)35-23(20(21)29)34-16-6-13(26)11-2-3-24(22(30)19(16)28)7-10-4-14-15(5-12(10)11)33-9-32-14/h4-5,11,16-21,23,25,27-29H,2-3,6-9H2,1H3/t11-,16-,17-,18-,19+,20-,21+,23-/m1/s1. The zero-order chi connectivity index (χ0) is 24.9. The maximum atomic E-state index is 13.5. The number of hydrogen-bond donors (Lipinski definition) is 4. The molecule has 1 amide bonds. The number of amides is 1. The third kappa shape index (κ3) is 4.29. The fraction of sp³-hybridized carbons (Fsp3) is 0.652. The molecule has 12 nitrogen and oxygen atoms in total. The van der Waals surface area contributed by atoms with Gasteiger partial charge in [0.05, 0.1) is 6.61 Å². The van der Waals surface area contributed by atoms with E-state index < -0.39 is 61.3 Å². The van der Waals surface area contributed by atoms with Crippen LogP contribution in [0.4, 0.5) is 0 Å². The summed E-state index contributed by atoms with van der Waals surface area (Å²) in [5.74, 6) is -0.368. The monoisotopic (exact) mass is 495 g/mol. The summed E-state index contributed by atoms with van der Waals surface area (Å²) in [6.45, 7) is -0.0795. The SMILES string of the molecule is CO[C@@H]1[C@@H](O)[C@H](O[C@@H]2CC(=O)[C@@H]3CCN(Cc4cc5c(cc43)OCO5)C(=O)[C@H]2O)O[C@H](CO)[C@H]1O. The second-order valence-corrected chi connectivity index (χ2v) is 9.20. The number of carbonyl (C=O) groups excluding carboxylic acids is 2. The number of ether oxygens (including phenoxy) is 5. The molecule has 1 aromatic carbocycles. The van der Waals surface area contributed by atoms with Crippen LogP contribution in [0.2, 0.25) is 0 Å². The van der Waals surface area contributed by atoms with Crippen molar-refractivity contribution in [2.45, 2.75) is 68.2 Å². The molecule has 4 aliphatic heterocycles. The number of fused-ring (bicyclic) bond motifs is 6. The number of rotatable bonds is 4. The molecule has 4 heterocycles.